The Bertz CT molecular complexity index is 390. The van der Waals surface area contributed by atoms with E-state index < -0.39 is 0 Å². The molecule has 0 aliphatic heterocycles. The van der Waals surface area contributed by atoms with Crippen LogP contribution in [0.1, 0.15) is 71.9 Å². The van der Waals surface area contributed by atoms with Gasteiger partial charge >= 0.3 is 0 Å². The Kier molecular flexibility index (Phi) is 8.36. The first-order valence-corrected chi connectivity index (χ1v) is 8.56. The summed E-state index contributed by atoms with van der Waals surface area (Å²) in [6.07, 6.45) is 6.86. The smallest absolute Gasteiger partial charge is 0.133 e. The van der Waals surface area contributed by atoms with Crippen LogP contribution >= 0.6 is 0 Å². The van der Waals surface area contributed by atoms with Crippen LogP contribution < -0.4 is 10.2 Å². The molecular weight excluding hydrogens is 258 g/mol. The zero-order valence-electron chi connectivity index (χ0n) is 14.5. The Labute approximate surface area is 131 Å². The summed E-state index contributed by atoms with van der Waals surface area (Å²) >= 11 is 0. The summed E-state index contributed by atoms with van der Waals surface area (Å²) in [7, 11) is 0. The minimum atomic E-state index is 0.348. The van der Waals surface area contributed by atoms with Crippen molar-refractivity contribution in [2.45, 2.75) is 72.4 Å². The fraction of sp³-hybridized carbons (Fsp3) is 0.722. The van der Waals surface area contributed by atoms with Crippen molar-refractivity contribution in [3.05, 3.63) is 23.9 Å². The number of aromatic nitrogens is 1. The van der Waals surface area contributed by atoms with Gasteiger partial charge in [-0.3, -0.25) is 0 Å². The molecule has 0 bridgehead atoms. The van der Waals surface area contributed by atoms with Crippen molar-refractivity contribution in [3.63, 3.8) is 0 Å². The summed E-state index contributed by atoms with van der Waals surface area (Å²) in [4.78, 5) is 7.15. The molecule has 0 spiro atoms. The van der Waals surface area contributed by atoms with Crippen molar-refractivity contribution in [1.82, 2.24) is 10.3 Å². The maximum absolute atomic E-state index is 4.69. The maximum Gasteiger partial charge on any atom is 0.133 e. The lowest BCUT2D eigenvalue weighted by molar-refractivity contribution is 0.559. The topological polar surface area (TPSA) is 28.2 Å². The van der Waals surface area contributed by atoms with Gasteiger partial charge in [-0.1, -0.05) is 32.8 Å². The first kappa shape index (κ1) is 18.0. The summed E-state index contributed by atoms with van der Waals surface area (Å²) < 4.78 is 0. The Balaban J connectivity index is 2.91. The van der Waals surface area contributed by atoms with Gasteiger partial charge in [-0.05, 0) is 46.2 Å². The predicted octanol–water partition coefficient (Wildman–Crippen LogP) is 4.55. The van der Waals surface area contributed by atoms with Crippen molar-refractivity contribution >= 4 is 5.82 Å². The number of pyridine rings is 1. The second-order valence-corrected chi connectivity index (χ2v) is 6.09. The number of unbranched alkanes of at least 4 members (excludes halogenated alkanes) is 2. The van der Waals surface area contributed by atoms with E-state index >= 15 is 0 Å². The van der Waals surface area contributed by atoms with Crippen LogP contribution in [-0.4, -0.2) is 24.1 Å². The minimum absolute atomic E-state index is 0.348. The molecule has 0 aromatic carbocycles. The largest absolute Gasteiger partial charge is 0.354 e. The first-order valence-electron chi connectivity index (χ1n) is 8.56. The molecule has 0 aliphatic carbocycles. The lowest BCUT2D eigenvalue weighted by Crippen LogP contribution is -2.34. The lowest BCUT2D eigenvalue weighted by atomic mass is 10.1. The highest BCUT2D eigenvalue weighted by atomic mass is 15.2. The number of hydrogen-bond donors (Lipinski definition) is 1. The molecule has 120 valence electrons. The Hall–Kier alpha value is -1.09. The summed E-state index contributed by atoms with van der Waals surface area (Å²) in [6, 6.07) is 5.09. The minimum Gasteiger partial charge on any atom is -0.354 e. The van der Waals surface area contributed by atoms with Crippen LogP contribution in [0.2, 0.25) is 0 Å². The van der Waals surface area contributed by atoms with Gasteiger partial charge in [-0.15, -0.1) is 0 Å². The van der Waals surface area contributed by atoms with Gasteiger partial charge in [0.1, 0.15) is 5.82 Å². The van der Waals surface area contributed by atoms with E-state index in [2.05, 4.69) is 50.9 Å². The Morgan fingerprint density at radius 2 is 1.90 bits per heavy atom. The van der Waals surface area contributed by atoms with Crippen LogP contribution in [-0.2, 0) is 0 Å². The molecule has 0 saturated carbocycles. The summed E-state index contributed by atoms with van der Waals surface area (Å²) in [5.41, 5.74) is 1.32. The van der Waals surface area contributed by atoms with E-state index in [0.29, 0.717) is 12.1 Å². The van der Waals surface area contributed by atoms with Gasteiger partial charge in [-0.2, -0.15) is 0 Å². The predicted molar refractivity (Wildman–Crippen MR) is 93.0 cm³/mol. The highest BCUT2D eigenvalue weighted by molar-refractivity contribution is 5.49. The Morgan fingerprint density at radius 1 is 1.14 bits per heavy atom. The maximum atomic E-state index is 4.69. The third-order valence-electron chi connectivity index (χ3n) is 3.88. The van der Waals surface area contributed by atoms with Crippen molar-refractivity contribution < 1.29 is 0 Å². The quantitative estimate of drug-likeness (QED) is 0.641. The molecule has 0 radical (unpaired) electrons. The van der Waals surface area contributed by atoms with Crippen molar-refractivity contribution in [2.75, 3.05) is 18.0 Å². The fourth-order valence-corrected chi connectivity index (χ4v) is 2.60. The van der Waals surface area contributed by atoms with Crippen LogP contribution in [0.25, 0.3) is 0 Å². The average molecular weight is 291 g/mol. The summed E-state index contributed by atoms with van der Waals surface area (Å²) in [6.45, 7) is 13.4. The first-order chi connectivity index (χ1) is 10.1. The third-order valence-corrected chi connectivity index (χ3v) is 3.88. The number of nitrogens with one attached hydrogen (secondary N) is 1. The molecule has 3 nitrogen and oxygen atoms in total. The number of nitrogens with zero attached hydrogens (tertiary/aromatic N) is 2. The zero-order valence-corrected chi connectivity index (χ0v) is 14.5. The molecule has 3 heteroatoms. The molecule has 1 heterocycles. The van der Waals surface area contributed by atoms with Gasteiger partial charge in [0.05, 0.1) is 0 Å². The van der Waals surface area contributed by atoms with Gasteiger partial charge in [-0.25, -0.2) is 4.98 Å². The van der Waals surface area contributed by atoms with E-state index in [9.17, 15) is 0 Å². The molecule has 0 saturated heterocycles. The molecule has 0 fully saturated rings. The van der Waals surface area contributed by atoms with Crippen LogP contribution in [0, 0.1) is 0 Å². The van der Waals surface area contributed by atoms with E-state index in [1.54, 1.807) is 0 Å². The second kappa shape index (κ2) is 9.78. The molecule has 1 aromatic rings. The van der Waals surface area contributed by atoms with E-state index in [1.165, 1.54) is 24.8 Å². The molecule has 1 rings (SSSR count). The van der Waals surface area contributed by atoms with Gasteiger partial charge in [0.15, 0.2) is 0 Å². The summed E-state index contributed by atoms with van der Waals surface area (Å²) in [5, 5.41) is 3.58. The van der Waals surface area contributed by atoms with Gasteiger partial charge in [0.25, 0.3) is 0 Å². The van der Waals surface area contributed by atoms with Crippen molar-refractivity contribution in [2.24, 2.45) is 0 Å². The van der Waals surface area contributed by atoms with Crippen LogP contribution in [0.4, 0.5) is 5.82 Å². The zero-order chi connectivity index (χ0) is 15.7. The monoisotopic (exact) mass is 291 g/mol. The highest BCUT2D eigenvalue weighted by Gasteiger charge is 2.18. The van der Waals surface area contributed by atoms with E-state index in [1.807, 2.05) is 12.3 Å². The normalized spacial score (nSPS) is 12.7. The molecule has 1 aromatic heterocycles. The number of rotatable bonds is 10. The van der Waals surface area contributed by atoms with Crippen molar-refractivity contribution in [3.8, 4) is 0 Å². The van der Waals surface area contributed by atoms with Crippen molar-refractivity contribution in [1.29, 1.82) is 0 Å². The number of anilines is 1. The van der Waals surface area contributed by atoms with E-state index in [0.717, 1.165) is 25.3 Å². The third kappa shape index (κ3) is 5.66. The molecular formula is C18H33N3. The Morgan fingerprint density at radius 3 is 2.52 bits per heavy atom. The van der Waals surface area contributed by atoms with E-state index in [4.69, 9.17) is 4.98 Å². The van der Waals surface area contributed by atoms with Crippen LogP contribution in [0.3, 0.4) is 0 Å². The average Bonchev–Trinajstić information content (AvgIpc) is 2.49. The van der Waals surface area contributed by atoms with Gasteiger partial charge in [0.2, 0.25) is 0 Å². The van der Waals surface area contributed by atoms with Crippen LogP contribution in [0.15, 0.2) is 18.3 Å². The SMILES string of the molecule is CCCCCN(c1ncccc1C(C)NCCC)C(C)C. The molecule has 21 heavy (non-hydrogen) atoms. The molecule has 1 unspecified atom stereocenters. The molecule has 1 N–H and O–H groups in total. The highest BCUT2D eigenvalue weighted by Crippen LogP contribution is 2.25. The van der Waals surface area contributed by atoms with E-state index in [-0.39, 0.29) is 0 Å². The second-order valence-electron chi connectivity index (χ2n) is 6.09. The molecule has 0 amide bonds. The number of hydrogen-bond acceptors (Lipinski definition) is 3. The summed E-state index contributed by atoms with van der Waals surface area (Å²) in [5.74, 6) is 1.15. The van der Waals surface area contributed by atoms with Gasteiger partial charge in [0, 0.05) is 30.4 Å². The lowest BCUT2D eigenvalue weighted by Gasteiger charge is -2.31. The standard InChI is InChI=1S/C18H33N3/c1-6-8-9-14-21(15(3)4)18-17(11-10-13-20-18)16(5)19-12-7-2/h10-11,13,15-16,19H,6-9,12,14H2,1-5H3. The molecule has 0 aliphatic rings. The molecule has 1 atom stereocenters. The van der Waals surface area contributed by atoms with Gasteiger partial charge < -0.3 is 10.2 Å². The van der Waals surface area contributed by atoms with Crippen LogP contribution in [0.5, 0.6) is 0 Å². The fourth-order valence-electron chi connectivity index (χ4n) is 2.60.